The summed E-state index contributed by atoms with van der Waals surface area (Å²) in [5.41, 5.74) is 0. The van der Waals surface area contributed by atoms with Crippen LogP contribution in [-0.4, -0.2) is 38.4 Å². The van der Waals surface area contributed by atoms with Gasteiger partial charge in [-0.05, 0) is 12.8 Å². The lowest BCUT2D eigenvalue weighted by molar-refractivity contribution is -0.146. The van der Waals surface area contributed by atoms with Gasteiger partial charge in [0.15, 0.2) is 0 Å². The van der Waals surface area contributed by atoms with Crippen LogP contribution >= 0.6 is 0 Å². The number of rotatable bonds is 62. The van der Waals surface area contributed by atoms with Gasteiger partial charge in [0.05, 0.1) is 13.2 Å². The van der Waals surface area contributed by atoms with E-state index in [1.165, 1.54) is 321 Å². The topological polar surface area (TPSA) is 61.8 Å². The summed E-state index contributed by atoms with van der Waals surface area (Å²) < 4.78 is 16.1. The molecule has 0 aromatic rings. The molecule has 5 heteroatoms. The minimum absolute atomic E-state index is 0.129. The maximum Gasteiger partial charge on any atom is 0.305 e. The first-order valence-corrected chi connectivity index (χ1v) is 32.1. The quantitative estimate of drug-likeness (QED) is 0.0449. The number of unbranched alkanes of at least 4 members (excludes halogenated alkanes) is 52. The number of esters is 2. The molecule has 0 unspecified atom stereocenters. The Balaban J connectivity index is 3.21. The predicted molar refractivity (Wildman–Crippen MR) is 303 cm³/mol. The van der Waals surface area contributed by atoms with Gasteiger partial charge in [0.1, 0.15) is 13.2 Å². The van der Waals surface area contributed by atoms with Crippen molar-refractivity contribution in [1.29, 1.82) is 0 Å². The predicted octanol–water partition coefficient (Wildman–Crippen LogP) is 22.0. The van der Waals surface area contributed by atoms with E-state index in [0.717, 1.165) is 25.7 Å². The second kappa shape index (κ2) is 63.0. The molecular weight excluding hydrogens is 849 g/mol. The Morgan fingerprint density at radius 2 is 0.348 bits per heavy atom. The molecule has 0 saturated heterocycles. The third-order valence-corrected chi connectivity index (χ3v) is 15.0. The van der Waals surface area contributed by atoms with Crippen LogP contribution in [0, 0.1) is 0 Å². The normalized spacial score (nSPS) is 11.5. The van der Waals surface area contributed by atoms with Crippen molar-refractivity contribution < 1.29 is 23.8 Å². The average molecular weight is 976 g/mol. The van der Waals surface area contributed by atoms with Crippen molar-refractivity contribution >= 4 is 11.9 Å². The molecule has 0 aromatic carbocycles. The summed E-state index contributed by atoms with van der Waals surface area (Å²) in [6.07, 6.45) is 76.0. The second-order valence-electron chi connectivity index (χ2n) is 21.9. The van der Waals surface area contributed by atoms with Crippen LogP contribution in [0.1, 0.15) is 373 Å². The number of carbonyl (C=O) groups is 2. The highest BCUT2D eigenvalue weighted by Gasteiger charge is 2.05. The highest BCUT2D eigenvalue weighted by molar-refractivity contribution is 5.69. The maximum absolute atomic E-state index is 12.1. The lowest BCUT2D eigenvalue weighted by Gasteiger charge is -2.07. The smallest absolute Gasteiger partial charge is 0.305 e. The summed E-state index contributed by atoms with van der Waals surface area (Å²) in [6, 6.07) is 0. The Hall–Kier alpha value is -1.10. The minimum Gasteiger partial charge on any atom is -0.463 e. The van der Waals surface area contributed by atoms with Gasteiger partial charge in [-0.2, -0.15) is 0 Å². The molecule has 0 amide bonds. The number of hydrogen-bond acceptors (Lipinski definition) is 5. The van der Waals surface area contributed by atoms with Crippen molar-refractivity contribution in [3.63, 3.8) is 0 Å². The molecule has 0 spiro atoms. The fraction of sp³-hybridized carbons (Fsp3) is 0.969. The Morgan fingerprint density at radius 3 is 0.507 bits per heavy atom. The van der Waals surface area contributed by atoms with Crippen molar-refractivity contribution in [2.45, 2.75) is 373 Å². The first-order chi connectivity index (χ1) is 34.2. The van der Waals surface area contributed by atoms with Gasteiger partial charge in [0.2, 0.25) is 0 Å². The van der Waals surface area contributed by atoms with Crippen LogP contribution in [0.25, 0.3) is 0 Å². The molecule has 0 aliphatic carbocycles. The van der Waals surface area contributed by atoms with Crippen LogP contribution < -0.4 is 0 Å². The van der Waals surface area contributed by atoms with Gasteiger partial charge in [-0.3, -0.25) is 9.59 Å². The van der Waals surface area contributed by atoms with Gasteiger partial charge in [0.25, 0.3) is 0 Å². The van der Waals surface area contributed by atoms with E-state index in [2.05, 4.69) is 13.8 Å². The average Bonchev–Trinajstić information content (AvgIpc) is 3.35. The van der Waals surface area contributed by atoms with Crippen LogP contribution in [0.3, 0.4) is 0 Å². The summed E-state index contributed by atoms with van der Waals surface area (Å²) in [5, 5.41) is 0. The summed E-state index contributed by atoms with van der Waals surface area (Å²) in [6.45, 7) is 5.84. The molecule has 0 aromatic heterocycles. The van der Waals surface area contributed by atoms with Crippen LogP contribution in [0.5, 0.6) is 0 Å². The van der Waals surface area contributed by atoms with Crippen molar-refractivity contribution in [3.05, 3.63) is 0 Å². The van der Waals surface area contributed by atoms with E-state index >= 15 is 0 Å². The summed E-state index contributed by atoms with van der Waals surface area (Å²) in [4.78, 5) is 24.1. The molecule has 0 heterocycles. The summed E-state index contributed by atoms with van der Waals surface area (Å²) in [5.74, 6) is -0.258. The van der Waals surface area contributed by atoms with E-state index in [9.17, 15) is 9.59 Å². The number of carbonyl (C=O) groups excluding carboxylic acids is 2. The molecule has 0 rings (SSSR count). The van der Waals surface area contributed by atoms with E-state index in [4.69, 9.17) is 14.2 Å². The van der Waals surface area contributed by atoms with Gasteiger partial charge in [0, 0.05) is 12.8 Å². The largest absolute Gasteiger partial charge is 0.463 e. The van der Waals surface area contributed by atoms with Crippen LogP contribution in [0.2, 0.25) is 0 Å². The Bertz CT molecular complexity index is 878. The standard InChI is InChI=1S/C64H126O5/c1-3-5-7-9-11-13-15-17-19-21-23-25-27-29-31-33-35-37-39-41-43-45-47-49-51-53-55-57-63(65)68-61-59-67-60-62-69-64(66)58-56-54-52-50-48-46-44-42-40-38-36-34-32-30-28-26-24-22-20-18-16-14-12-10-8-6-4-2/h3-62H2,1-2H3. The maximum atomic E-state index is 12.1. The van der Waals surface area contributed by atoms with Gasteiger partial charge >= 0.3 is 11.9 Å². The lowest BCUT2D eigenvalue weighted by Crippen LogP contribution is -2.14. The highest BCUT2D eigenvalue weighted by Crippen LogP contribution is 2.19. The Kier molecular flexibility index (Phi) is 62.0. The fourth-order valence-corrected chi connectivity index (χ4v) is 10.2. The van der Waals surface area contributed by atoms with Crippen molar-refractivity contribution in [2.75, 3.05) is 26.4 Å². The first-order valence-electron chi connectivity index (χ1n) is 32.1. The van der Waals surface area contributed by atoms with Crippen LogP contribution in [0.15, 0.2) is 0 Å². The monoisotopic (exact) mass is 975 g/mol. The molecule has 0 aliphatic heterocycles. The zero-order valence-corrected chi connectivity index (χ0v) is 47.5. The van der Waals surface area contributed by atoms with Gasteiger partial charge < -0.3 is 14.2 Å². The molecule has 0 N–H and O–H groups in total. The van der Waals surface area contributed by atoms with E-state index in [-0.39, 0.29) is 25.2 Å². The molecule has 0 radical (unpaired) electrons. The minimum atomic E-state index is -0.129. The molecule has 0 aliphatic rings. The highest BCUT2D eigenvalue weighted by atomic mass is 16.6. The van der Waals surface area contributed by atoms with Crippen molar-refractivity contribution in [2.24, 2.45) is 0 Å². The van der Waals surface area contributed by atoms with Crippen LogP contribution in [-0.2, 0) is 23.8 Å². The Morgan fingerprint density at radius 1 is 0.203 bits per heavy atom. The van der Waals surface area contributed by atoms with Crippen molar-refractivity contribution in [1.82, 2.24) is 0 Å². The van der Waals surface area contributed by atoms with E-state index < -0.39 is 0 Å². The lowest BCUT2D eigenvalue weighted by atomic mass is 10.0. The number of ether oxygens (including phenoxy) is 3. The molecule has 5 nitrogen and oxygen atoms in total. The summed E-state index contributed by atoms with van der Waals surface area (Å²) in [7, 11) is 0. The zero-order valence-electron chi connectivity index (χ0n) is 47.5. The molecule has 0 fully saturated rings. The molecule has 0 bridgehead atoms. The van der Waals surface area contributed by atoms with Crippen LogP contribution in [0.4, 0.5) is 0 Å². The van der Waals surface area contributed by atoms with E-state index in [0.29, 0.717) is 26.1 Å². The van der Waals surface area contributed by atoms with E-state index in [1.54, 1.807) is 0 Å². The second-order valence-corrected chi connectivity index (χ2v) is 21.9. The molecule has 0 saturated carbocycles. The number of hydrogen-bond donors (Lipinski definition) is 0. The van der Waals surface area contributed by atoms with Gasteiger partial charge in [-0.1, -0.05) is 348 Å². The molecule has 69 heavy (non-hydrogen) atoms. The fourth-order valence-electron chi connectivity index (χ4n) is 10.2. The third kappa shape index (κ3) is 63.0. The third-order valence-electron chi connectivity index (χ3n) is 15.0. The molecular formula is C64H126O5. The van der Waals surface area contributed by atoms with E-state index in [1.807, 2.05) is 0 Å². The Labute approximate surface area is 433 Å². The zero-order chi connectivity index (χ0) is 49.7. The SMILES string of the molecule is CCCCCCCCCCCCCCCCCCCCCCCCCCCCCC(=O)OCCOCCOC(=O)CCCCCCCCCCCCCCCCCCCCCCCCCCCCC. The van der Waals surface area contributed by atoms with Crippen molar-refractivity contribution in [3.8, 4) is 0 Å². The summed E-state index contributed by atoms with van der Waals surface area (Å²) >= 11 is 0. The van der Waals surface area contributed by atoms with Gasteiger partial charge in [-0.25, -0.2) is 0 Å². The molecule has 412 valence electrons. The van der Waals surface area contributed by atoms with Gasteiger partial charge in [-0.15, -0.1) is 0 Å². The first kappa shape index (κ1) is 67.9. The molecule has 0 atom stereocenters.